The van der Waals surface area contributed by atoms with E-state index in [1.807, 2.05) is 65.3 Å². The Kier molecular flexibility index (Phi) is 16.1. The van der Waals surface area contributed by atoms with E-state index in [1.54, 1.807) is 24.8 Å². The molecule has 1 fully saturated rings. The number of halogens is 3. The van der Waals surface area contributed by atoms with Crippen LogP contribution in [0.3, 0.4) is 0 Å². The van der Waals surface area contributed by atoms with E-state index in [-0.39, 0.29) is 0 Å². The van der Waals surface area contributed by atoms with Gasteiger partial charge in [-0.25, -0.2) is 0 Å². The molecule has 1 aliphatic rings. The van der Waals surface area contributed by atoms with Crippen LogP contribution in [0.4, 0.5) is 11.4 Å². The molecule has 3 heterocycles. The second-order valence-corrected chi connectivity index (χ2v) is 17.6. The van der Waals surface area contributed by atoms with E-state index >= 15 is 0 Å². The zero-order chi connectivity index (χ0) is 33.5. The average Bonchev–Trinajstić information content (AvgIpc) is 3.47. The SMILES string of the molecule is Brc1cccnc1.Cc1cc(C)c(N2[CH-]N(c3c(C)cc(C)cc3C)CC2)c(C)c1.[Cl][Ru]([Cl])=[CH]c1ccccc1.c1ccncc1. The van der Waals surface area contributed by atoms with Crippen LogP contribution in [0, 0.1) is 48.2 Å². The summed E-state index contributed by atoms with van der Waals surface area (Å²) < 4.78 is 2.95. The zero-order valence-corrected chi connectivity index (χ0v) is 32.1. The van der Waals surface area contributed by atoms with E-state index in [2.05, 4.69) is 108 Å². The number of benzene rings is 3. The summed E-state index contributed by atoms with van der Waals surface area (Å²) in [4.78, 5) is 12.4. The van der Waals surface area contributed by atoms with Crippen LogP contribution in [-0.4, -0.2) is 27.7 Å². The predicted octanol–water partition coefficient (Wildman–Crippen LogP) is 10.7. The Hall–Kier alpha value is -2.89. The first-order valence-electron chi connectivity index (χ1n) is 14.9. The van der Waals surface area contributed by atoms with Crippen LogP contribution in [-0.2, 0) is 13.5 Å². The molecule has 5 aromatic rings. The van der Waals surface area contributed by atoms with Gasteiger partial charge >= 0.3 is 73.4 Å². The van der Waals surface area contributed by atoms with Gasteiger partial charge < -0.3 is 9.80 Å². The molecule has 8 heteroatoms. The summed E-state index contributed by atoms with van der Waals surface area (Å²) in [5, 5.41) is 0. The van der Waals surface area contributed by atoms with Gasteiger partial charge in [-0.3, -0.25) is 9.97 Å². The minimum Gasteiger partial charge on any atom is -0.265 e. The van der Waals surface area contributed by atoms with Gasteiger partial charge in [-0.05, 0) is 104 Å². The van der Waals surface area contributed by atoms with Gasteiger partial charge in [-0.2, -0.15) is 6.67 Å². The second-order valence-electron chi connectivity index (χ2n) is 10.9. The molecule has 2 aromatic heterocycles. The topological polar surface area (TPSA) is 32.3 Å². The molecule has 0 atom stereocenters. The average molecular weight is 807 g/mol. The van der Waals surface area contributed by atoms with Crippen molar-refractivity contribution in [3.05, 3.63) is 160 Å². The molecule has 0 spiro atoms. The molecule has 6 rings (SSSR count). The van der Waals surface area contributed by atoms with Gasteiger partial charge in [-0.15, -0.1) is 0 Å². The summed E-state index contributed by atoms with van der Waals surface area (Å²) in [6.45, 7) is 17.6. The van der Waals surface area contributed by atoms with Crippen molar-refractivity contribution in [1.29, 1.82) is 0 Å². The van der Waals surface area contributed by atoms with Crippen LogP contribution in [0.1, 0.15) is 38.9 Å². The van der Waals surface area contributed by atoms with Crippen LogP contribution in [0.25, 0.3) is 0 Å². The number of aryl methyl sites for hydroxylation is 6. The smallest absolute Gasteiger partial charge is 0.0267 e. The summed E-state index contributed by atoms with van der Waals surface area (Å²) in [6, 6.07) is 28.5. The molecular weight excluding hydrogens is 764 g/mol. The number of hydrogen-bond donors (Lipinski definition) is 0. The van der Waals surface area contributed by atoms with Crippen molar-refractivity contribution >= 4 is 51.3 Å². The van der Waals surface area contributed by atoms with E-state index in [0.29, 0.717) is 0 Å². The molecule has 0 saturated carbocycles. The molecule has 1 saturated heterocycles. The number of nitrogens with zero attached hydrogens (tertiary/aromatic N) is 4. The van der Waals surface area contributed by atoms with Crippen molar-refractivity contribution < 1.29 is 13.5 Å². The largest absolute Gasteiger partial charge is 0.265 e. The third kappa shape index (κ3) is 12.7. The van der Waals surface area contributed by atoms with E-state index in [4.69, 9.17) is 19.4 Å². The fraction of sp³-hybridized carbons (Fsp3) is 0.211. The summed E-state index contributed by atoms with van der Waals surface area (Å²) in [5.41, 5.74) is 12.0. The quantitative estimate of drug-likeness (QED) is 0.134. The zero-order valence-electron chi connectivity index (χ0n) is 27.2. The van der Waals surface area contributed by atoms with Gasteiger partial charge in [0.25, 0.3) is 0 Å². The molecule has 46 heavy (non-hydrogen) atoms. The molecule has 0 aliphatic carbocycles. The van der Waals surface area contributed by atoms with Gasteiger partial charge in [0, 0.05) is 53.7 Å². The van der Waals surface area contributed by atoms with Crippen LogP contribution < -0.4 is 9.80 Å². The summed E-state index contributed by atoms with van der Waals surface area (Å²) in [5.74, 6) is 0. The van der Waals surface area contributed by atoms with Crippen molar-refractivity contribution in [2.75, 3.05) is 22.9 Å². The monoisotopic (exact) mass is 805 g/mol. The summed E-state index contributed by atoms with van der Waals surface area (Å²) >= 11 is 1.63. The summed E-state index contributed by atoms with van der Waals surface area (Å²) in [7, 11) is 11.3. The molecule has 0 unspecified atom stereocenters. The minimum atomic E-state index is -1.61. The van der Waals surface area contributed by atoms with E-state index < -0.39 is 13.5 Å². The Morgan fingerprint density at radius 3 is 1.43 bits per heavy atom. The van der Waals surface area contributed by atoms with E-state index in [1.165, 1.54) is 44.8 Å². The molecule has 4 nitrogen and oxygen atoms in total. The van der Waals surface area contributed by atoms with E-state index in [0.717, 1.165) is 23.1 Å². The van der Waals surface area contributed by atoms with E-state index in [9.17, 15) is 0 Å². The Labute approximate surface area is 297 Å². The second kappa shape index (κ2) is 19.7. The Morgan fingerprint density at radius 1 is 0.652 bits per heavy atom. The molecule has 244 valence electrons. The fourth-order valence-electron chi connectivity index (χ4n) is 5.35. The number of rotatable bonds is 3. The Morgan fingerprint density at radius 2 is 1.11 bits per heavy atom. The molecule has 0 bridgehead atoms. The normalized spacial score (nSPS) is 12.1. The van der Waals surface area contributed by atoms with Crippen LogP contribution in [0.2, 0.25) is 0 Å². The first-order valence-corrected chi connectivity index (χ1v) is 21.1. The van der Waals surface area contributed by atoms with Crippen LogP contribution in [0.5, 0.6) is 0 Å². The van der Waals surface area contributed by atoms with Gasteiger partial charge in [-0.1, -0.05) is 41.5 Å². The molecule has 0 N–H and O–H groups in total. The maximum atomic E-state index is 5.67. The standard InChI is InChI=1S/C21H27N2.C7H6.C5H4BrN.C5H5N.2ClH.Ru/c1-14-9-16(3)20(17(4)10-14)22-7-8-23(13-22)21-18(5)11-15(2)12-19(21)6;1-7-5-3-2-4-6-7;6-5-2-1-3-7-4-5;1-2-4-6-5-3-1;;;/h9-13H,7-8H2,1-6H3;1-6H;1-4H;1-5H;2*1H;/q-1;;;;;;+2/p-2. The number of hydrogen-bond acceptors (Lipinski definition) is 4. The molecule has 0 radical (unpaired) electrons. The van der Waals surface area contributed by atoms with Crippen LogP contribution >= 0.6 is 35.3 Å². The number of anilines is 2. The molecule has 1 aliphatic heterocycles. The summed E-state index contributed by atoms with van der Waals surface area (Å²) in [6.07, 6.45) is 6.99. The van der Waals surface area contributed by atoms with Crippen molar-refractivity contribution in [3.8, 4) is 0 Å². The predicted molar refractivity (Wildman–Crippen MR) is 200 cm³/mol. The maximum Gasteiger partial charge on any atom is 0.0267 e. The third-order valence-electron chi connectivity index (χ3n) is 6.89. The fourth-order valence-corrected chi connectivity index (χ4v) is 7.45. The minimum absolute atomic E-state index is 1.02. The van der Waals surface area contributed by atoms with Crippen molar-refractivity contribution in [1.82, 2.24) is 9.97 Å². The number of aromatic nitrogens is 2. The third-order valence-corrected chi connectivity index (χ3v) is 9.23. The van der Waals surface area contributed by atoms with Crippen molar-refractivity contribution in [2.45, 2.75) is 41.5 Å². The molecular formula is C38H42BrCl2N4Ru-. The van der Waals surface area contributed by atoms with Crippen molar-refractivity contribution in [2.24, 2.45) is 0 Å². The van der Waals surface area contributed by atoms with Crippen LogP contribution in [0.15, 0.2) is 114 Å². The number of pyridine rings is 2. The van der Waals surface area contributed by atoms with Crippen molar-refractivity contribution in [3.63, 3.8) is 0 Å². The first-order chi connectivity index (χ1) is 22.0. The van der Waals surface area contributed by atoms with Gasteiger partial charge in [0.15, 0.2) is 0 Å². The first kappa shape index (κ1) is 37.6. The van der Waals surface area contributed by atoms with Gasteiger partial charge in [0.1, 0.15) is 0 Å². The van der Waals surface area contributed by atoms with Gasteiger partial charge in [0.2, 0.25) is 0 Å². The Balaban J connectivity index is 0.000000203. The molecule has 3 aromatic carbocycles. The molecule has 0 amide bonds. The van der Waals surface area contributed by atoms with Gasteiger partial charge in [0.05, 0.1) is 0 Å². The Bertz CT molecular complexity index is 1530. The maximum absolute atomic E-state index is 5.67.